The third-order valence-corrected chi connectivity index (χ3v) is 4.80. The first-order valence-corrected chi connectivity index (χ1v) is 10.0. The van der Waals surface area contributed by atoms with Crippen LogP contribution in [0.15, 0.2) is 72.8 Å². The van der Waals surface area contributed by atoms with Gasteiger partial charge in [0.25, 0.3) is 5.91 Å². The highest BCUT2D eigenvalue weighted by atomic mass is 16.5. The molecule has 0 aromatic heterocycles. The molecule has 0 spiro atoms. The van der Waals surface area contributed by atoms with Crippen molar-refractivity contribution in [3.63, 3.8) is 0 Å². The monoisotopic (exact) mass is 418 g/mol. The molecule has 0 aliphatic rings. The number of hydrogen-bond acceptors (Lipinski definition) is 4. The average Bonchev–Trinajstić information content (AvgIpc) is 2.82. The summed E-state index contributed by atoms with van der Waals surface area (Å²) < 4.78 is 10.5. The van der Waals surface area contributed by atoms with E-state index < -0.39 is 0 Å². The van der Waals surface area contributed by atoms with Crippen LogP contribution in [-0.4, -0.2) is 39.1 Å². The Bertz CT molecular complexity index is 1020. The molecule has 0 fully saturated rings. The molecule has 0 aliphatic heterocycles. The molecule has 6 nitrogen and oxygen atoms in total. The summed E-state index contributed by atoms with van der Waals surface area (Å²) in [6.45, 7) is 0.691. The van der Waals surface area contributed by atoms with Crippen molar-refractivity contribution in [2.45, 2.75) is 6.42 Å². The largest absolute Gasteiger partial charge is 0.493 e. The lowest BCUT2D eigenvalue weighted by Gasteiger charge is -2.10. The summed E-state index contributed by atoms with van der Waals surface area (Å²) in [6, 6.07) is 22.8. The Kier molecular flexibility index (Phi) is 7.65. The van der Waals surface area contributed by atoms with Gasteiger partial charge in [0.15, 0.2) is 11.5 Å². The SMILES string of the molecule is COc1ccc(CC(=O)NCCNC(=O)c2ccc(-c3ccccc3)cc2)cc1OC. The van der Waals surface area contributed by atoms with E-state index in [4.69, 9.17) is 9.47 Å². The van der Waals surface area contributed by atoms with Gasteiger partial charge >= 0.3 is 0 Å². The molecular formula is C25H26N2O4. The van der Waals surface area contributed by atoms with E-state index in [-0.39, 0.29) is 18.2 Å². The van der Waals surface area contributed by atoms with E-state index in [1.54, 1.807) is 38.5 Å². The zero-order chi connectivity index (χ0) is 22.1. The highest BCUT2D eigenvalue weighted by Gasteiger charge is 2.09. The molecule has 3 aromatic rings. The Labute approximate surface area is 182 Å². The van der Waals surface area contributed by atoms with Gasteiger partial charge in [-0.05, 0) is 41.0 Å². The smallest absolute Gasteiger partial charge is 0.251 e. The number of carbonyl (C=O) groups excluding carboxylic acids is 2. The molecule has 6 heteroatoms. The molecule has 0 saturated heterocycles. The number of rotatable bonds is 9. The maximum atomic E-state index is 12.3. The summed E-state index contributed by atoms with van der Waals surface area (Å²) in [6.07, 6.45) is 0.218. The minimum atomic E-state index is -0.172. The molecule has 160 valence electrons. The van der Waals surface area contributed by atoms with Crippen molar-refractivity contribution in [2.24, 2.45) is 0 Å². The Balaban J connectivity index is 1.43. The van der Waals surface area contributed by atoms with Gasteiger partial charge in [-0.2, -0.15) is 0 Å². The fourth-order valence-electron chi connectivity index (χ4n) is 3.16. The van der Waals surface area contributed by atoms with Crippen LogP contribution in [0.1, 0.15) is 15.9 Å². The summed E-state index contributed by atoms with van der Waals surface area (Å²) in [7, 11) is 3.12. The van der Waals surface area contributed by atoms with E-state index in [9.17, 15) is 9.59 Å². The second-order valence-electron chi connectivity index (χ2n) is 6.92. The predicted molar refractivity (Wildman–Crippen MR) is 120 cm³/mol. The highest BCUT2D eigenvalue weighted by molar-refractivity contribution is 5.94. The zero-order valence-corrected chi connectivity index (χ0v) is 17.7. The highest BCUT2D eigenvalue weighted by Crippen LogP contribution is 2.27. The maximum absolute atomic E-state index is 12.3. The number of benzene rings is 3. The maximum Gasteiger partial charge on any atom is 0.251 e. The van der Waals surface area contributed by atoms with E-state index >= 15 is 0 Å². The Morgan fingerprint density at radius 2 is 1.39 bits per heavy atom. The summed E-state index contributed by atoms with van der Waals surface area (Å²) in [5, 5.41) is 5.63. The fraction of sp³-hybridized carbons (Fsp3) is 0.200. The molecule has 2 N–H and O–H groups in total. The summed E-state index contributed by atoms with van der Waals surface area (Å²) in [5.74, 6) is 0.895. The van der Waals surface area contributed by atoms with Crippen molar-refractivity contribution in [3.8, 4) is 22.6 Å². The quantitative estimate of drug-likeness (QED) is 0.522. The topological polar surface area (TPSA) is 76.7 Å². The predicted octanol–water partition coefficient (Wildman–Crippen LogP) is 3.46. The van der Waals surface area contributed by atoms with Gasteiger partial charge in [0, 0.05) is 18.7 Å². The van der Waals surface area contributed by atoms with Gasteiger partial charge in [-0.25, -0.2) is 0 Å². The van der Waals surface area contributed by atoms with Crippen molar-refractivity contribution in [2.75, 3.05) is 27.3 Å². The van der Waals surface area contributed by atoms with Crippen LogP contribution < -0.4 is 20.1 Å². The number of hydrogen-bond donors (Lipinski definition) is 2. The summed E-state index contributed by atoms with van der Waals surface area (Å²) >= 11 is 0. The van der Waals surface area contributed by atoms with Crippen LogP contribution in [0.5, 0.6) is 11.5 Å². The van der Waals surface area contributed by atoms with E-state index in [1.165, 1.54) is 0 Å². The summed E-state index contributed by atoms with van der Waals surface area (Å²) in [4.78, 5) is 24.5. The van der Waals surface area contributed by atoms with Crippen molar-refractivity contribution in [1.29, 1.82) is 0 Å². The standard InChI is InChI=1S/C25H26N2O4/c1-30-22-13-8-18(16-23(22)31-2)17-24(28)26-14-15-27-25(29)21-11-9-20(10-12-21)19-6-4-3-5-7-19/h3-13,16H,14-15,17H2,1-2H3,(H,26,28)(H,27,29). The van der Waals surface area contributed by atoms with Gasteiger partial charge < -0.3 is 20.1 Å². The molecular weight excluding hydrogens is 392 g/mol. The van der Waals surface area contributed by atoms with Crippen LogP contribution >= 0.6 is 0 Å². The van der Waals surface area contributed by atoms with E-state index in [1.807, 2.05) is 48.5 Å². The van der Waals surface area contributed by atoms with Crippen molar-refractivity contribution < 1.29 is 19.1 Å². The molecule has 0 heterocycles. The molecule has 0 radical (unpaired) electrons. The minimum absolute atomic E-state index is 0.131. The molecule has 31 heavy (non-hydrogen) atoms. The Hall–Kier alpha value is -3.80. The van der Waals surface area contributed by atoms with Crippen LogP contribution in [0.4, 0.5) is 0 Å². The van der Waals surface area contributed by atoms with Crippen molar-refractivity contribution >= 4 is 11.8 Å². The lowest BCUT2D eigenvalue weighted by atomic mass is 10.0. The van der Waals surface area contributed by atoms with Crippen LogP contribution in [-0.2, 0) is 11.2 Å². The number of ether oxygens (including phenoxy) is 2. The van der Waals surface area contributed by atoms with Crippen LogP contribution in [0.25, 0.3) is 11.1 Å². The first-order chi connectivity index (χ1) is 15.1. The zero-order valence-electron chi connectivity index (χ0n) is 17.7. The number of methoxy groups -OCH3 is 2. The lowest BCUT2D eigenvalue weighted by Crippen LogP contribution is -2.35. The molecule has 0 aliphatic carbocycles. The summed E-state index contributed by atoms with van der Waals surface area (Å²) in [5.41, 5.74) is 3.56. The fourth-order valence-corrected chi connectivity index (χ4v) is 3.16. The molecule has 2 amide bonds. The van der Waals surface area contributed by atoms with Gasteiger partial charge in [-0.3, -0.25) is 9.59 Å². The molecule has 0 saturated carbocycles. The molecule has 3 rings (SSSR count). The molecule has 3 aromatic carbocycles. The van der Waals surface area contributed by atoms with Crippen molar-refractivity contribution in [3.05, 3.63) is 83.9 Å². The first-order valence-electron chi connectivity index (χ1n) is 10.0. The first kappa shape index (κ1) is 21.9. The number of amides is 2. The second kappa shape index (κ2) is 10.8. The third kappa shape index (κ3) is 6.09. The van der Waals surface area contributed by atoms with E-state index in [2.05, 4.69) is 10.6 Å². The lowest BCUT2D eigenvalue weighted by molar-refractivity contribution is -0.120. The average molecular weight is 418 g/mol. The molecule has 0 atom stereocenters. The minimum Gasteiger partial charge on any atom is -0.493 e. The Morgan fingerprint density at radius 1 is 0.742 bits per heavy atom. The number of carbonyl (C=O) groups is 2. The van der Waals surface area contributed by atoms with Gasteiger partial charge in [0.2, 0.25) is 5.91 Å². The Morgan fingerprint density at radius 3 is 2.06 bits per heavy atom. The van der Waals surface area contributed by atoms with Gasteiger partial charge in [-0.1, -0.05) is 48.5 Å². The number of nitrogens with one attached hydrogen (secondary N) is 2. The van der Waals surface area contributed by atoms with E-state index in [0.29, 0.717) is 30.2 Å². The van der Waals surface area contributed by atoms with Crippen LogP contribution in [0.3, 0.4) is 0 Å². The van der Waals surface area contributed by atoms with Gasteiger partial charge in [-0.15, -0.1) is 0 Å². The molecule has 0 unspecified atom stereocenters. The van der Waals surface area contributed by atoms with Gasteiger partial charge in [0.05, 0.1) is 20.6 Å². The van der Waals surface area contributed by atoms with Crippen LogP contribution in [0, 0.1) is 0 Å². The normalized spacial score (nSPS) is 10.3. The van der Waals surface area contributed by atoms with Crippen LogP contribution in [0.2, 0.25) is 0 Å². The van der Waals surface area contributed by atoms with Gasteiger partial charge in [0.1, 0.15) is 0 Å². The van der Waals surface area contributed by atoms with Crippen molar-refractivity contribution in [1.82, 2.24) is 10.6 Å². The molecule has 0 bridgehead atoms. The third-order valence-electron chi connectivity index (χ3n) is 4.80. The van der Waals surface area contributed by atoms with E-state index in [0.717, 1.165) is 16.7 Å². The second-order valence-corrected chi connectivity index (χ2v) is 6.92.